The van der Waals surface area contributed by atoms with Gasteiger partial charge in [-0.1, -0.05) is 139 Å². The predicted octanol–water partition coefficient (Wildman–Crippen LogP) is 9.46. The first-order valence-electron chi connectivity index (χ1n) is 18.7. The second-order valence-corrected chi connectivity index (χ2v) is 12.7. The lowest BCUT2D eigenvalue weighted by molar-refractivity contribution is -0.00231. The summed E-state index contributed by atoms with van der Waals surface area (Å²) in [5.74, 6) is 0.0684. The van der Waals surface area contributed by atoms with E-state index in [-0.39, 0.29) is 5.92 Å². The number of amides is 1. The van der Waals surface area contributed by atoms with Crippen molar-refractivity contribution >= 4 is 6.09 Å². The maximum atomic E-state index is 12.3. The molecule has 0 atom stereocenters. The highest BCUT2D eigenvalue weighted by atomic mass is 16.6. The van der Waals surface area contributed by atoms with Crippen LogP contribution in [0.25, 0.3) is 11.1 Å². The minimum absolute atomic E-state index is 0.0684. The highest BCUT2D eigenvalue weighted by Gasteiger charge is 2.28. The molecule has 264 valence electrons. The molecule has 0 heterocycles. The van der Waals surface area contributed by atoms with Gasteiger partial charge in [0.1, 0.15) is 6.61 Å². The van der Waals surface area contributed by atoms with Crippen molar-refractivity contribution in [3.05, 3.63) is 59.7 Å². The maximum Gasteiger partial charge on any atom is 0.407 e. The maximum absolute atomic E-state index is 12.3. The fourth-order valence-corrected chi connectivity index (χ4v) is 6.17. The summed E-state index contributed by atoms with van der Waals surface area (Å²) in [4.78, 5) is 12.3. The van der Waals surface area contributed by atoms with E-state index < -0.39 is 6.09 Å². The number of alkyl carbamates (subject to hydrolysis) is 1. The Morgan fingerprint density at radius 2 is 0.936 bits per heavy atom. The lowest BCUT2D eigenvalue weighted by Gasteiger charge is -2.14. The number of nitrogens with one attached hydrogen (secondary N) is 1. The number of fused-ring (bicyclic) bond motifs is 3. The highest BCUT2D eigenvalue weighted by molar-refractivity contribution is 5.79. The van der Waals surface area contributed by atoms with Gasteiger partial charge in [0.25, 0.3) is 0 Å². The molecule has 2 aromatic carbocycles. The molecule has 0 fully saturated rings. The van der Waals surface area contributed by atoms with Gasteiger partial charge in [-0.3, -0.25) is 0 Å². The minimum Gasteiger partial charge on any atom is -0.449 e. The third-order valence-electron chi connectivity index (χ3n) is 8.84. The molecule has 0 saturated carbocycles. The van der Waals surface area contributed by atoms with Gasteiger partial charge < -0.3 is 29.0 Å². The Balaban J connectivity index is 0.994. The summed E-state index contributed by atoms with van der Waals surface area (Å²) < 4.78 is 28.0. The summed E-state index contributed by atoms with van der Waals surface area (Å²) >= 11 is 0. The molecule has 0 radical (unpaired) electrons. The van der Waals surface area contributed by atoms with Crippen molar-refractivity contribution in [1.29, 1.82) is 0 Å². The molecule has 1 aliphatic carbocycles. The summed E-state index contributed by atoms with van der Waals surface area (Å²) in [6, 6.07) is 16.7. The van der Waals surface area contributed by atoms with Gasteiger partial charge in [-0.15, -0.1) is 0 Å². The summed E-state index contributed by atoms with van der Waals surface area (Å²) in [7, 11) is 0. The topological polar surface area (TPSA) is 75.3 Å². The van der Waals surface area contributed by atoms with E-state index in [9.17, 15) is 4.79 Å². The van der Waals surface area contributed by atoms with Crippen LogP contribution in [0.2, 0.25) is 0 Å². The number of carbonyl (C=O) groups is 1. The van der Waals surface area contributed by atoms with Gasteiger partial charge in [-0.25, -0.2) is 4.79 Å². The zero-order valence-electron chi connectivity index (χ0n) is 29.3. The first-order valence-corrected chi connectivity index (χ1v) is 18.7. The number of hydrogen-bond donors (Lipinski definition) is 1. The number of ether oxygens (including phenoxy) is 5. The van der Waals surface area contributed by atoms with Crippen LogP contribution in [0.3, 0.4) is 0 Å². The zero-order valence-corrected chi connectivity index (χ0v) is 29.3. The monoisotopic (exact) mass is 653 g/mol. The highest BCUT2D eigenvalue weighted by Crippen LogP contribution is 2.44. The van der Waals surface area contributed by atoms with E-state index in [4.69, 9.17) is 23.7 Å². The number of carbonyl (C=O) groups excluding carboxylic acids is 1. The molecule has 3 rings (SSSR count). The Labute approximate surface area is 285 Å². The molecular weight excluding hydrogens is 590 g/mol. The van der Waals surface area contributed by atoms with Crippen LogP contribution in [0.1, 0.15) is 120 Å². The molecule has 0 unspecified atom stereocenters. The van der Waals surface area contributed by atoms with Gasteiger partial charge in [0.2, 0.25) is 0 Å². The lowest BCUT2D eigenvalue weighted by atomic mass is 9.98. The molecule has 0 aliphatic heterocycles. The molecule has 7 nitrogen and oxygen atoms in total. The summed E-state index contributed by atoms with van der Waals surface area (Å²) in [5.41, 5.74) is 4.87. The van der Waals surface area contributed by atoms with Crippen LogP contribution in [-0.2, 0) is 23.7 Å². The van der Waals surface area contributed by atoms with Gasteiger partial charge in [-0.05, 0) is 35.1 Å². The van der Waals surface area contributed by atoms with Crippen LogP contribution in [0, 0.1) is 0 Å². The summed E-state index contributed by atoms with van der Waals surface area (Å²) in [6.45, 7) is 7.91. The van der Waals surface area contributed by atoms with Crippen LogP contribution in [0.4, 0.5) is 4.79 Å². The summed E-state index contributed by atoms with van der Waals surface area (Å²) in [5, 5.41) is 2.82. The largest absolute Gasteiger partial charge is 0.449 e. The minimum atomic E-state index is -0.393. The number of unbranched alkanes of at least 4 members (excludes halogenated alkanes) is 13. The molecule has 7 heteroatoms. The van der Waals surface area contributed by atoms with E-state index in [2.05, 4.69) is 36.5 Å². The third kappa shape index (κ3) is 17.0. The molecular formula is C40H63NO6. The SMILES string of the molecule is CCCCCCCCCCCCCCCCOCCOCCOCCOCCCNC(=O)OCC1c2ccccc2-c2ccccc21. The number of rotatable bonds is 30. The molecule has 0 aromatic heterocycles. The molecule has 1 aliphatic rings. The Bertz CT molecular complexity index is 1020. The second-order valence-electron chi connectivity index (χ2n) is 12.7. The van der Waals surface area contributed by atoms with E-state index in [0.717, 1.165) is 13.0 Å². The van der Waals surface area contributed by atoms with Crippen molar-refractivity contribution in [2.75, 3.05) is 66.0 Å². The van der Waals surface area contributed by atoms with Crippen LogP contribution in [0.5, 0.6) is 0 Å². The number of hydrogen-bond acceptors (Lipinski definition) is 6. The fourth-order valence-electron chi connectivity index (χ4n) is 6.17. The van der Waals surface area contributed by atoms with E-state index in [1.54, 1.807) is 0 Å². The van der Waals surface area contributed by atoms with Gasteiger partial charge in [-0.2, -0.15) is 0 Å². The third-order valence-corrected chi connectivity index (χ3v) is 8.84. The first kappa shape index (κ1) is 39.0. The Morgan fingerprint density at radius 1 is 0.532 bits per heavy atom. The van der Waals surface area contributed by atoms with E-state index in [0.29, 0.717) is 65.8 Å². The quantitative estimate of drug-likeness (QED) is 0.0847. The number of benzene rings is 2. The molecule has 0 saturated heterocycles. The Kier molecular flexibility index (Phi) is 22.0. The van der Waals surface area contributed by atoms with Crippen LogP contribution in [0.15, 0.2) is 48.5 Å². The van der Waals surface area contributed by atoms with Crippen molar-refractivity contribution in [3.63, 3.8) is 0 Å². The zero-order chi connectivity index (χ0) is 33.0. The lowest BCUT2D eigenvalue weighted by Crippen LogP contribution is -2.27. The summed E-state index contributed by atoms with van der Waals surface area (Å²) in [6.07, 6.45) is 19.6. The van der Waals surface area contributed by atoms with Crippen LogP contribution in [-0.4, -0.2) is 72.1 Å². The van der Waals surface area contributed by atoms with Gasteiger partial charge >= 0.3 is 6.09 Å². The van der Waals surface area contributed by atoms with Gasteiger partial charge in [0, 0.05) is 25.7 Å². The van der Waals surface area contributed by atoms with Crippen molar-refractivity contribution in [2.24, 2.45) is 0 Å². The molecule has 2 aromatic rings. The molecule has 0 bridgehead atoms. The average molecular weight is 654 g/mol. The fraction of sp³-hybridized carbons (Fsp3) is 0.675. The van der Waals surface area contributed by atoms with Crippen molar-refractivity contribution < 1.29 is 28.5 Å². The Morgan fingerprint density at radius 3 is 1.43 bits per heavy atom. The second kappa shape index (κ2) is 26.5. The smallest absolute Gasteiger partial charge is 0.407 e. The predicted molar refractivity (Wildman–Crippen MR) is 191 cm³/mol. The Hall–Kier alpha value is -2.45. The van der Waals surface area contributed by atoms with Gasteiger partial charge in [0.05, 0.1) is 39.6 Å². The van der Waals surface area contributed by atoms with Crippen molar-refractivity contribution in [2.45, 2.75) is 109 Å². The molecule has 1 N–H and O–H groups in total. The molecule has 0 spiro atoms. The molecule has 1 amide bonds. The van der Waals surface area contributed by atoms with Crippen LogP contribution >= 0.6 is 0 Å². The normalized spacial score (nSPS) is 12.3. The van der Waals surface area contributed by atoms with Gasteiger partial charge in [0.15, 0.2) is 0 Å². The standard InChI is InChI=1S/C40H63NO6/c1-2-3-4-5-6-7-8-9-10-11-12-13-14-19-26-43-28-30-45-32-33-46-31-29-44-27-20-25-41-40(42)47-34-39-37-23-17-15-21-35(37)36-22-16-18-24-38(36)39/h15-18,21-24,39H,2-14,19-20,25-34H2,1H3,(H,41,42). The first-order chi connectivity index (χ1) is 23.3. The van der Waals surface area contributed by atoms with Crippen LogP contribution < -0.4 is 5.32 Å². The average Bonchev–Trinajstić information content (AvgIpc) is 3.42. The molecule has 47 heavy (non-hydrogen) atoms. The van der Waals surface area contributed by atoms with E-state index >= 15 is 0 Å². The van der Waals surface area contributed by atoms with E-state index in [1.165, 1.54) is 106 Å². The van der Waals surface area contributed by atoms with Crippen molar-refractivity contribution in [1.82, 2.24) is 5.32 Å². The van der Waals surface area contributed by atoms with Crippen molar-refractivity contribution in [3.8, 4) is 11.1 Å². The van der Waals surface area contributed by atoms with E-state index in [1.807, 2.05) is 24.3 Å².